The van der Waals surface area contributed by atoms with Crippen LogP contribution in [0, 0.1) is 5.92 Å². The summed E-state index contributed by atoms with van der Waals surface area (Å²) in [4.78, 5) is 24.9. The van der Waals surface area contributed by atoms with E-state index < -0.39 is 5.97 Å². The summed E-state index contributed by atoms with van der Waals surface area (Å²) >= 11 is 13.3. The van der Waals surface area contributed by atoms with Gasteiger partial charge in [-0.25, -0.2) is 4.79 Å². The van der Waals surface area contributed by atoms with Gasteiger partial charge in [0.2, 0.25) is 5.78 Å². The van der Waals surface area contributed by atoms with E-state index in [0.29, 0.717) is 23.5 Å². The first-order valence-corrected chi connectivity index (χ1v) is 12.1. The summed E-state index contributed by atoms with van der Waals surface area (Å²) in [7, 11) is 0. The fraction of sp³-hybridized carbons (Fsp3) is 0.182. The Bertz CT molecular complexity index is 1040. The molecule has 0 saturated carbocycles. The van der Waals surface area contributed by atoms with E-state index in [1.165, 1.54) is 0 Å². The van der Waals surface area contributed by atoms with Crippen molar-refractivity contribution in [3.63, 3.8) is 0 Å². The van der Waals surface area contributed by atoms with E-state index in [9.17, 15) is 14.7 Å². The molecule has 1 aliphatic rings. The third kappa shape index (κ3) is 6.30. The summed E-state index contributed by atoms with van der Waals surface area (Å²) < 4.78 is 6.93. The molecule has 0 aliphatic heterocycles. The molecule has 4 nitrogen and oxygen atoms in total. The average molecular weight is 702 g/mol. The SMILES string of the molecule is CCOC(=O)c1ccccc1C(c1cc(Br)c([O-])c(Br)c1)C1C=C(Br)C(=O)C(Br)=C1.[K+]. The van der Waals surface area contributed by atoms with Crippen LogP contribution < -0.4 is 56.5 Å². The minimum atomic E-state index is -0.422. The number of halogens is 4. The van der Waals surface area contributed by atoms with Crippen LogP contribution in [0.3, 0.4) is 0 Å². The summed E-state index contributed by atoms with van der Waals surface area (Å²) in [6, 6.07) is 10.7. The Hall–Kier alpha value is 0.416. The summed E-state index contributed by atoms with van der Waals surface area (Å²) in [5.41, 5.74) is 1.98. The zero-order valence-corrected chi connectivity index (χ0v) is 26.1. The quantitative estimate of drug-likeness (QED) is 0.355. The van der Waals surface area contributed by atoms with Crippen molar-refractivity contribution < 1.29 is 70.8 Å². The average Bonchev–Trinajstić information content (AvgIpc) is 2.71. The molecule has 1 atom stereocenters. The first-order valence-electron chi connectivity index (χ1n) is 8.95. The summed E-state index contributed by atoms with van der Waals surface area (Å²) in [6.45, 7) is 2.01. The van der Waals surface area contributed by atoms with Gasteiger partial charge in [0, 0.05) is 20.8 Å². The number of allylic oxidation sites excluding steroid dienone is 4. The van der Waals surface area contributed by atoms with Gasteiger partial charge in [0.1, 0.15) is 0 Å². The van der Waals surface area contributed by atoms with Crippen molar-refractivity contribution >= 4 is 75.5 Å². The van der Waals surface area contributed by atoms with Crippen LogP contribution in [0.15, 0.2) is 66.5 Å². The van der Waals surface area contributed by atoms with Crippen LogP contribution in [0.2, 0.25) is 0 Å². The maximum atomic E-state index is 12.7. The number of carbonyl (C=O) groups excluding carboxylic acids is 2. The topological polar surface area (TPSA) is 66.4 Å². The maximum absolute atomic E-state index is 12.7. The molecule has 0 aromatic heterocycles. The van der Waals surface area contributed by atoms with Crippen molar-refractivity contribution in [2.24, 2.45) is 5.92 Å². The molecule has 2 aromatic rings. The molecule has 0 radical (unpaired) electrons. The second-order valence-electron chi connectivity index (χ2n) is 6.53. The van der Waals surface area contributed by atoms with Crippen LogP contribution in [0.5, 0.6) is 5.75 Å². The van der Waals surface area contributed by atoms with E-state index in [1.807, 2.05) is 24.3 Å². The van der Waals surface area contributed by atoms with Crippen LogP contribution in [-0.4, -0.2) is 18.4 Å². The smallest absolute Gasteiger partial charge is 0.871 e. The zero-order chi connectivity index (χ0) is 22.0. The molecule has 156 valence electrons. The van der Waals surface area contributed by atoms with Crippen LogP contribution in [0.25, 0.3) is 0 Å². The van der Waals surface area contributed by atoms with E-state index in [4.69, 9.17) is 4.74 Å². The van der Waals surface area contributed by atoms with E-state index >= 15 is 0 Å². The molecule has 0 spiro atoms. The predicted octanol–water partition coefficient (Wildman–Crippen LogP) is 3.35. The summed E-state index contributed by atoms with van der Waals surface area (Å²) in [5, 5.41) is 12.2. The van der Waals surface area contributed by atoms with Crippen molar-refractivity contribution in [2.45, 2.75) is 12.8 Å². The first-order chi connectivity index (χ1) is 14.2. The molecule has 31 heavy (non-hydrogen) atoms. The normalized spacial score (nSPS) is 14.9. The number of Topliss-reactive ketones (excluding diaryl/α,β-unsaturated/α-hetero) is 1. The molecule has 2 aromatic carbocycles. The Balaban J connectivity index is 0.00000341. The third-order valence-electron chi connectivity index (χ3n) is 4.67. The van der Waals surface area contributed by atoms with Gasteiger partial charge in [-0.05, 0) is 68.1 Å². The number of benzene rings is 2. The number of hydrogen-bond acceptors (Lipinski definition) is 4. The van der Waals surface area contributed by atoms with Crippen molar-refractivity contribution in [1.29, 1.82) is 0 Å². The zero-order valence-electron chi connectivity index (χ0n) is 16.6. The molecule has 0 fully saturated rings. The fourth-order valence-electron chi connectivity index (χ4n) is 3.38. The van der Waals surface area contributed by atoms with Gasteiger partial charge in [0.15, 0.2) is 0 Å². The fourth-order valence-corrected chi connectivity index (χ4v) is 5.90. The van der Waals surface area contributed by atoms with Gasteiger partial charge in [-0.1, -0.05) is 68.0 Å². The van der Waals surface area contributed by atoms with Crippen LogP contribution >= 0.6 is 63.7 Å². The maximum Gasteiger partial charge on any atom is 1.00 e. The second kappa shape index (κ2) is 12.2. The number of ketones is 1. The van der Waals surface area contributed by atoms with Crippen LogP contribution in [0.1, 0.15) is 34.3 Å². The Labute approximate surface area is 256 Å². The van der Waals surface area contributed by atoms with Gasteiger partial charge in [-0.15, -0.1) is 0 Å². The van der Waals surface area contributed by atoms with E-state index in [2.05, 4.69) is 63.7 Å². The second-order valence-corrected chi connectivity index (χ2v) is 9.95. The molecule has 3 rings (SSSR count). The number of carbonyl (C=O) groups is 2. The monoisotopic (exact) mass is 698 g/mol. The van der Waals surface area contributed by atoms with Gasteiger partial charge in [0.05, 0.1) is 21.1 Å². The predicted molar refractivity (Wildman–Crippen MR) is 128 cm³/mol. The summed E-state index contributed by atoms with van der Waals surface area (Å²) in [6.07, 6.45) is 3.62. The minimum absolute atomic E-state index is 0. The first kappa shape index (κ1) is 27.7. The van der Waals surface area contributed by atoms with E-state index in [1.54, 1.807) is 31.2 Å². The Kier molecular flexibility index (Phi) is 10.9. The Morgan fingerprint density at radius 1 is 1.06 bits per heavy atom. The third-order valence-corrected chi connectivity index (χ3v) is 7.09. The van der Waals surface area contributed by atoms with Gasteiger partial charge in [-0.2, -0.15) is 0 Å². The van der Waals surface area contributed by atoms with Gasteiger partial charge in [-0.3, -0.25) is 4.79 Å². The van der Waals surface area contributed by atoms with Crippen LogP contribution in [-0.2, 0) is 9.53 Å². The number of ether oxygens (including phenoxy) is 1. The van der Waals surface area contributed by atoms with E-state index in [-0.39, 0.29) is 81.4 Å². The van der Waals surface area contributed by atoms with Crippen molar-refractivity contribution in [3.8, 4) is 5.75 Å². The molecule has 1 aliphatic carbocycles. The molecule has 0 saturated heterocycles. The standard InChI is InChI=1S/C22H16Br4O4.K/c1-2-30-22(29)14-6-4-3-5-13(14)19(11-7-15(23)20(27)16(24)8-11)12-9-17(25)21(28)18(26)10-12;/h3-11,19,28H,2H2,1H3;/q;+1/p-1. The molecule has 9 heteroatoms. The Morgan fingerprint density at radius 2 is 1.61 bits per heavy atom. The van der Waals surface area contributed by atoms with Crippen molar-refractivity contribution in [2.75, 3.05) is 6.61 Å². The molecular weight excluding hydrogens is 687 g/mol. The van der Waals surface area contributed by atoms with Crippen molar-refractivity contribution in [3.05, 3.63) is 83.2 Å². The van der Waals surface area contributed by atoms with Crippen molar-refractivity contribution in [1.82, 2.24) is 0 Å². The van der Waals surface area contributed by atoms with Gasteiger partial charge < -0.3 is 9.84 Å². The minimum Gasteiger partial charge on any atom is -0.871 e. The van der Waals surface area contributed by atoms with Crippen LogP contribution in [0.4, 0.5) is 0 Å². The number of esters is 1. The summed E-state index contributed by atoms with van der Waals surface area (Å²) in [5.74, 6) is -1.36. The van der Waals surface area contributed by atoms with Gasteiger partial charge >= 0.3 is 57.4 Å². The Morgan fingerprint density at radius 3 is 2.16 bits per heavy atom. The molecule has 0 heterocycles. The molecule has 0 N–H and O–H groups in total. The van der Waals surface area contributed by atoms with Gasteiger partial charge in [0.25, 0.3) is 0 Å². The number of rotatable bonds is 5. The molecule has 0 amide bonds. The molecule has 0 bridgehead atoms. The van der Waals surface area contributed by atoms with E-state index in [0.717, 1.165) is 11.1 Å². The molecular formula is C22H15Br4KO4. The molecule has 1 unspecified atom stereocenters. The largest absolute Gasteiger partial charge is 1.00 e. The number of hydrogen-bond donors (Lipinski definition) is 0.